The maximum Gasteiger partial charge on any atom is 0.239 e. The topological polar surface area (TPSA) is 70.6 Å². The van der Waals surface area contributed by atoms with Crippen molar-refractivity contribution in [3.8, 4) is 0 Å². The number of aliphatic hydroxyl groups is 1. The van der Waals surface area contributed by atoms with Crippen LogP contribution in [0.25, 0.3) is 0 Å². The van der Waals surface area contributed by atoms with Crippen LogP contribution in [0.3, 0.4) is 0 Å². The predicted octanol–water partition coefficient (Wildman–Crippen LogP) is -1.53. The number of amides is 1. The highest BCUT2D eigenvalue weighted by Crippen LogP contribution is 1.93. The van der Waals surface area contributed by atoms with Gasteiger partial charge in [0.05, 0.1) is 19.8 Å². The van der Waals surface area contributed by atoms with Crippen LogP contribution in [-0.2, 0) is 9.53 Å². The van der Waals surface area contributed by atoms with Gasteiger partial charge in [0.15, 0.2) is 0 Å². The van der Waals surface area contributed by atoms with Crippen molar-refractivity contribution >= 4 is 5.91 Å². The van der Waals surface area contributed by atoms with Crippen molar-refractivity contribution < 1.29 is 14.6 Å². The van der Waals surface area contributed by atoms with Crippen molar-refractivity contribution in [3.63, 3.8) is 0 Å². The summed E-state index contributed by atoms with van der Waals surface area (Å²) in [6, 6.07) is -0.473. The zero-order valence-electron chi connectivity index (χ0n) is 7.75. The maximum absolute atomic E-state index is 11.4. The van der Waals surface area contributed by atoms with Gasteiger partial charge < -0.3 is 20.5 Å². The fraction of sp³-hybridized carbons (Fsp3) is 0.875. The lowest BCUT2D eigenvalue weighted by atomic mass is 10.2. The van der Waals surface area contributed by atoms with Crippen molar-refractivity contribution in [1.82, 2.24) is 10.6 Å². The normalized spacial score (nSPS) is 25.2. The summed E-state index contributed by atoms with van der Waals surface area (Å²) in [6.45, 7) is 3.47. The Labute approximate surface area is 77.5 Å². The van der Waals surface area contributed by atoms with Gasteiger partial charge in [-0.3, -0.25) is 4.79 Å². The van der Waals surface area contributed by atoms with Crippen LogP contribution in [0.4, 0.5) is 0 Å². The minimum Gasteiger partial charge on any atom is -0.394 e. The average Bonchev–Trinajstić information content (AvgIpc) is 2.19. The van der Waals surface area contributed by atoms with Crippen molar-refractivity contribution in [1.29, 1.82) is 0 Å². The van der Waals surface area contributed by atoms with Gasteiger partial charge in [-0.1, -0.05) is 0 Å². The van der Waals surface area contributed by atoms with Gasteiger partial charge in [-0.2, -0.15) is 0 Å². The van der Waals surface area contributed by atoms with E-state index in [1.54, 1.807) is 6.92 Å². The monoisotopic (exact) mass is 188 g/mol. The van der Waals surface area contributed by atoms with E-state index >= 15 is 0 Å². The number of morpholine rings is 1. The van der Waals surface area contributed by atoms with Gasteiger partial charge in [-0.15, -0.1) is 0 Å². The molecule has 0 aliphatic carbocycles. The summed E-state index contributed by atoms with van der Waals surface area (Å²) in [4.78, 5) is 11.4. The zero-order chi connectivity index (χ0) is 9.68. The molecule has 5 heteroatoms. The van der Waals surface area contributed by atoms with E-state index in [2.05, 4.69) is 10.6 Å². The summed E-state index contributed by atoms with van der Waals surface area (Å²) in [6.07, 6.45) is 0. The minimum absolute atomic E-state index is 0.0423. The molecule has 76 valence electrons. The Hall–Kier alpha value is -0.650. The first-order chi connectivity index (χ1) is 6.24. The maximum atomic E-state index is 11.4. The number of hydrogen-bond donors (Lipinski definition) is 3. The first-order valence-electron chi connectivity index (χ1n) is 4.46. The van der Waals surface area contributed by atoms with Crippen molar-refractivity contribution in [2.45, 2.75) is 19.0 Å². The molecule has 2 atom stereocenters. The van der Waals surface area contributed by atoms with Gasteiger partial charge in [0.2, 0.25) is 5.91 Å². The van der Waals surface area contributed by atoms with E-state index in [0.29, 0.717) is 19.8 Å². The average molecular weight is 188 g/mol. The lowest BCUT2D eigenvalue weighted by Crippen LogP contribution is -2.53. The molecule has 0 spiro atoms. The molecule has 0 aromatic heterocycles. The van der Waals surface area contributed by atoms with Crippen LogP contribution >= 0.6 is 0 Å². The molecule has 1 rings (SSSR count). The summed E-state index contributed by atoms with van der Waals surface area (Å²) in [5.41, 5.74) is 0. The van der Waals surface area contributed by atoms with Gasteiger partial charge >= 0.3 is 0 Å². The Morgan fingerprint density at radius 3 is 3.15 bits per heavy atom. The summed E-state index contributed by atoms with van der Waals surface area (Å²) in [5, 5.41) is 14.4. The molecular weight excluding hydrogens is 172 g/mol. The molecule has 1 amide bonds. The third-order valence-corrected chi connectivity index (χ3v) is 1.90. The van der Waals surface area contributed by atoms with Crippen molar-refractivity contribution in [2.75, 3.05) is 26.4 Å². The number of nitrogens with one attached hydrogen (secondary N) is 2. The van der Waals surface area contributed by atoms with E-state index in [1.807, 2.05) is 0 Å². The molecule has 1 fully saturated rings. The minimum atomic E-state index is -0.275. The van der Waals surface area contributed by atoms with E-state index in [0.717, 1.165) is 0 Å². The SMILES string of the molecule is C[C@H](CO)NC(=O)C1COCCN1. The molecule has 1 aliphatic rings. The first-order valence-corrected chi connectivity index (χ1v) is 4.46. The lowest BCUT2D eigenvalue weighted by Gasteiger charge is -2.24. The molecule has 0 saturated carbocycles. The first kappa shape index (κ1) is 10.4. The second-order valence-electron chi connectivity index (χ2n) is 3.17. The zero-order valence-corrected chi connectivity index (χ0v) is 7.75. The van der Waals surface area contributed by atoms with Gasteiger partial charge in [0.1, 0.15) is 6.04 Å². The molecule has 1 aliphatic heterocycles. The number of aliphatic hydroxyl groups excluding tert-OH is 1. The Morgan fingerprint density at radius 1 is 1.85 bits per heavy atom. The highest BCUT2D eigenvalue weighted by Gasteiger charge is 2.21. The Bertz CT molecular complexity index is 169. The second kappa shape index (κ2) is 5.16. The second-order valence-corrected chi connectivity index (χ2v) is 3.17. The molecular formula is C8H16N2O3. The Balaban J connectivity index is 2.29. The van der Waals surface area contributed by atoms with Gasteiger partial charge in [-0.05, 0) is 6.92 Å². The summed E-state index contributed by atoms with van der Waals surface area (Å²) >= 11 is 0. The number of carbonyl (C=O) groups excluding carboxylic acids is 1. The van der Waals surface area contributed by atoms with E-state index in [4.69, 9.17) is 9.84 Å². The molecule has 3 N–H and O–H groups in total. The molecule has 0 aromatic carbocycles. The number of ether oxygens (including phenoxy) is 1. The van der Waals surface area contributed by atoms with E-state index in [-0.39, 0.29) is 24.6 Å². The molecule has 1 heterocycles. The Morgan fingerprint density at radius 2 is 2.62 bits per heavy atom. The molecule has 0 bridgehead atoms. The van der Waals surface area contributed by atoms with E-state index in [9.17, 15) is 4.79 Å². The van der Waals surface area contributed by atoms with Gasteiger partial charge in [-0.25, -0.2) is 0 Å². The summed E-state index contributed by atoms with van der Waals surface area (Å²) in [7, 11) is 0. The van der Waals surface area contributed by atoms with Gasteiger partial charge in [0.25, 0.3) is 0 Å². The van der Waals surface area contributed by atoms with Crippen LogP contribution < -0.4 is 10.6 Å². The largest absolute Gasteiger partial charge is 0.394 e. The smallest absolute Gasteiger partial charge is 0.239 e. The van der Waals surface area contributed by atoms with Crippen LogP contribution in [0.5, 0.6) is 0 Å². The lowest BCUT2D eigenvalue weighted by molar-refractivity contribution is -0.126. The molecule has 0 aromatic rings. The molecule has 5 nitrogen and oxygen atoms in total. The molecule has 13 heavy (non-hydrogen) atoms. The van der Waals surface area contributed by atoms with Crippen LogP contribution in [0.1, 0.15) is 6.92 Å². The van der Waals surface area contributed by atoms with Crippen LogP contribution in [0.2, 0.25) is 0 Å². The van der Waals surface area contributed by atoms with Gasteiger partial charge in [0, 0.05) is 12.6 Å². The predicted molar refractivity (Wildman–Crippen MR) is 47.3 cm³/mol. The van der Waals surface area contributed by atoms with Crippen LogP contribution in [0.15, 0.2) is 0 Å². The molecule has 1 saturated heterocycles. The van der Waals surface area contributed by atoms with E-state index in [1.165, 1.54) is 0 Å². The van der Waals surface area contributed by atoms with Crippen molar-refractivity contribution in [3.05, 3.63) is 0 Å². The fourth-order valence-corrected chi connectivity index (χ4v) is 1.12. The number of carbonyl (C=O) groups is 1. The summed E-state index contributed by atoms with van der Waals surface area (Å²) < 4.78 is 5.13. The van der Waals surface area contributed by atoms with Crippen LogP contribution in [-0.4, -0.2) is 49.5 Å². The quantitative estimate of drug-likeness (QED) is 0.502. The van der Waals surface area contributed by atoms with E-state index < -0.39 is 0 Å². The molecule has 1 unspecified atom stereocenters. The van der Waals surface area contributed by atoms with Crippen LogP contribution in [0, 0.1) is 0 Å². The highest BCUT2D eigenvalue weighted by atomic mass is 16.5. The third kappa shape index (κ3) is 3.30. The number of rotatable bonds is 3. The summed E-state index contributed by atoms with van der Waals surface area (Å²) in [5.74, 6) is -0.110. The standard InChI is InChI=1S/C8H16N2O3/c1-6(4-11)10-8(12)7-5-13-3-2-9-7/h6-7,9,11H,2-5H2,1H3,(H,10,12)/t6-,7?/m1/s1. The molecule has 0 radical (unpaired) electrons. The third-order valence-electron chi connectivity index (χ3n) is 1.90. The number of hydrogen-bond acceptors (Lipinski definition) is 4. The van der Waals surface area contributed by atoms with Crippen molar-refractivity contribution in [2.24, 2.45) is 0 Å². The fourth-order valence-electron chi connectivity index (χ4n) is 1.12. The Kier molecular flexibility index (Phi) is 4.14. The highest BCUT2D eigenvalue weighted by molar-refractivity contribution is 5.82.